The minimum atomic E-state index is 1.13. The van der Waals surface area contributed by atoms with Gasteiger partial charge in [0, 0.05) is 33.9 Å². The van der Waals surface area contributed by atoms with Gasteiger partial charge in [-0.05, 0) is 40.3 Å². The first-order valence-electron chi connectivity index (χ1n) is 3.88. The highest BCUT2D eigenvalue weighted by molar-refractivity contribution is 14.1. The zero-order valence-corrected chi connectivity index (χ0v) is 8.97. The molecule has 2 rings (SSSR count). The van der Waals surface area contributed by atoms with Crippen LogP contribution in [0.15, 0.2) is 43.0 Å². The predicted octanol–water partition coefficient (Wildman–Crippen LogP) is 2.75. The molecule has 0 aromatic carbocycles. The van der Waals surface area contributed by atoms with E-state index in [4.69, 9.17) is 0 Å². The second kappa shape index (κ2) is 3.83. The summed E-state index contributed by atoms with van der Waals surface area (Å²) in [5, 5.41) is 0. The molecule has 0 amide bonds. The van der Waals surface area contributed by atoms with Crippen molar-refractivity contribution in [3.8, 4) is 11.1 Å². The lowest BCUT2D eigenvalue weighted by atomic mass is 10.1. The maximum absolute atomic E-state index is 4.08. The van der Waals surface area contributed by atoms with Crippen molar-refractivity contribution >= 4 is 22.6 Å². The molecule has 13 heavy (non-hydrogen) atoms. The molecule has 0 saturated heterocycles. The minimum Gasteiger partial charge on any atom is -0.264 e. The molecule has 0 atom stereocenters. The van der Waals surface area contributed by atoms with Gasteiger partial charge in [0.05, 0.1) is 0 Å². The average molecular weight is 282 g/mol. The number of pyridine rings is 2. The van der Waals surface area contributed by atoms with Gasteiger partial charge in [-0.2, -0.15) is 0 Å². The first-order valence-corrected chi connectivity index (χ1v) is 4.96. The molecule has 0 fully saturated rings. The number of hydrogen-bond donors (Lipinski definition) is 0. The Labute approximate surface area is 90.2 Å². The normalized spacial score (nSPS) is 9.92. The highest BCUT2D eigenvalue weighted by atomic mass is 127. The van der Waals surface area contributed by atoms with Crippen molar-refractivity contribution < 1.29 is 0 Å². The standard InChI is InChI=1S/C10H7IN2/c11-10-7-13-5-3-9(10)8-2-1-4-12-6-8/h1-7H. The summed E-state index contributed by atoms with van der Waals surface area (Å²) < 4.78 is 1.15. The molecule has 64 valence electrons. The van der Waals surface area contributed by atoms with Crippen LogP contribution in [0.5, 0.6) is 0 Å². The number of aromatic nitrogens is 2. The quantitative estimate of drug-likeness (QED) is 0.752. The monoisotopic (exact) mass is 282 g/mol. The third-order valence-electron chi connectivity index (χ3n) is 1.74. The molecule has 2 aromatic rings. The van der Waals surface area contributed by atoms with E-state index in [-0.39, 0.29) is 0 Å². The van der Waals surface area contributed by atoms with E-state index >= 15 is 0 Å². The van der Waals surface area contributed by atoms with Gasteiger partial charge in [0.2, 0.25) is 0 Å². The van der Waals surface area contributed by atoms with Crippen LogP contribution in [0.2, 0.25) is 0 Å². The minimum absolute atomic E-state index is 1.13. The van der Waals surface area contributed by atoms with Gasteiger partial charge in [0.1, 0.15) is 0 Å². The fourth-order valence-corrected chi connectivity index (χ4v) is 1.78. The molecule has 2 heterocycles. The summed E-state index contributed by atoms with van der Waals surface area (Å²) in [6.07, 6.45) is 7.28. The zero-order valence-electron chi connectivity index (χ0n) is 6.81. The first kappa shape index (κ1) is 8.62. The lowest BCUT2D eigenvalue weighted by molar-refractivity contribution is 1.29. The molecule has 0 aliphatic rings. The fraction of sp³-hybridized carbons (Fsp3) is 0. The predicted molar refractivity (Wildman–Crippen MR) is 60.2 cm³/mol. The SMILES string of the molecule is Ic1cnccc1-c1cccnc1. The number of nitrogens with zero attached hydrogens (tertiary/aromatic N) is 2. The van der Waals surface area contributed by atoms with E-state index in [0.717, 1.165) is 9.13 Å². The molecular formula is C10H7IN2. The van der Waals surface area contributed by atoms with Crippen LogP contribution in [0.1, 0.15) is 0 Å². The van der Waals surface area contributed by atoms with E-state index in [1.165, 1.54) is 5.56 Å². The summed E-state index contributed by atoms with van der Waals surface area (Å²) in [5.41, 5.74) is 2.32. The van der Waals surface area contributed by atoms with Gasteiger partial charge in [-0.3, -0.25) is 9.97 Å². The third-order valence-corrected chi connectivity index (χ3v) is 2.60. The van der Waals surface area contributed by atoms with Gasteiger partial charge in [-0.15, -0.1) is 0 Å². The van der Waals surface area contributed by atoms with E-state index in [1.807, 2.05) is 30.6 Å². The van der Waals surface area contributed by atoms with Crippen LogP contribution in [-0.4, -0.2) is 9.97 Å². The summed E-state index contributed by atoms with van der Waals surface area (Å²) in [7, 11) is 0. The van der Waals surface area contributed by atoms with Crippen LogP contribution in [0.4, 0.5) is 0 Å². The molecule has 0 radical (unpaired) electrons. The van der Waals surface area contributed by atoms with Gasteiger partial charge in [0.15, 0.2) is 0 Å². The Morgan fingerprint density at radius 3 is 2.54 bits per heavy atom. The van der Waals surface area contributed by atoms with Crippen LogP contribution in [0.25, 0.3) is 11.1 Å². The molecule has 0 saturated carbocycles. The smallest absolute Gasteiger partial charge is 0.0407 e. The largest absolute Gasteiger partial charge is 0.264 e. The topological polar surface area (TPSA) is 25.8 Å². The summed E-state index contributed by atoms with van der Waals surface area (Å²) in [4.78, 5) is 8.12. The maximum atomic E-state index is 4.08. The van der Waals surface area contributed by atoms with Crippen molar-refractivity contribution in [2.24, 2.45) is 0 Å². The van der Waals surface area contributed by atoms with E-state index < -0.39 is 0 Å². The van der Waals surface area contributed by atoms with E-state index in [1.54, 1.807) is 12.4 Å². The van der Waals surface area contributed by atoms with Crippen LogP contribution in [-0.2, 0) is 0 Å². The summed E-state index contributed by atoms with van der Waals surface area (Å²) in [5.74, 6) is 0. The molecule has 0 bridgehead atoms. The summed E-state index contributed by atoms with van der Waals surface area (Å²) >= 11 is 2.27. The lowest BCUT2D eigenvalue weighted by Crippen LogP contribution is -1.84. The van der Waals surface area contributed by atoms with E-state index in [0.29, 0.717) is 0 Å². The van der Waals surface area contributed by atoms with Gasteiger partial charge < -0.3 is 0 Å². The van der Waals surface area contributed by atoms with E-state index in [9.17, 15) is 0 Å². The Morgan fingerprint density at radius 2 is 1.85 bits per heavy atom. The third kappa shape index (κ3) is 1.85. The van der Waals surface area contributed by atoms with Gasteiger partial charge in [-0.25, -0.2) is 0 Å². The fourth-order valence-electron chi connectivity index (χ4n) is 1.13. The van der Waals surface area contributed by atoms with Crippen molar-refractivity contribution in [1.82, 2.24) is 9.97 Å². The Hall–Kier alpha value is -0.970. The molecule has 0 spiro atoms. The van der Waals surface area contributed by atoms with Crippen molar-refractivity contribution in [3.63, 3.8) is 0 Å². The summed E-state index contributed by atoms with van der Waals surface area (Å²) in [6, 6.07) is 5.98. The van der Waals surface area contributed by atoms with Crippen molar-refractivity contribution in [2.45, 2.75) is 0 Å². The highest BCUT2D eigenvalue weighted by Crippen LogP contribution is 2.22. The van der Waals surface area contributed by atoms with Gasteiger partial charge in [-0.1, -0.05) is 6.07 Å². The number of halogens is 1. The number of rotatable bonds is 1. The molecule has 2 aromatic heterocycles. The Bertz CT molecular complexity index is 401. The van der Waals surface area contributed by atoms with E-state index in [2.05, 4.69) is 32.6 Å². The van der Waals surface area contributed by atoms with Gasteiger partial charge >= 0.3 is 0 Å². The molecule has 0 unspecified atom stereocenters. The van der Waals surface area contributed by atoms with Crippen molar-refractivity contribution in [1.29, 1.82) is 0 Å². The van der Waals surface area contributed by atoms with Crippen LogP contribution in [0, 0.1) is 3.57 Å². The van der Waals surface area contributed by atoms with Crippen LogP contribution in [0.3, 0.4) is 0 Å². The average Bonchev–Trinajstić information content (AvgIpc) is 2.20. The highest BCUT2D eigenvalue weighted by Gasteiger charge is 2.00. The lowest BCUT2D eigenvalue weighted by Gasteiger charge is -2.01. The first-order chi connectivity index (χ1) is 6.38. The number of hydrogen-bond acceptors (Lipinski definition) is 2. The van der Waals surface area contributed by atoms with Crippen LogP contribution < -0.4 is 0 Å². The molecule has 2 nitrogen and oxygen atoms in total. The van der Waals surface area contributed by atoms with Crippen molar-refractivity contribution in [2.75, 3.05) is 0 Å². The zero-order chi connectivity index (χ0) is 9.10. The molecule has 0 aliphatic carbocycles. The summed E-state index contributed by atoms with van der Waals surface area (Å²) in [6.45, 7) is 0. The second-order valence-electron chi connectivity index (χ2n) is 2.60. The molecule has 0 aliphatic heterocycles. The van der Waals surface area contributed by atoms with Crippen molar-refractivity contribution in [3.05, 3.63) is 46.6 Å². The second-order valence-corrected chi connectivity index (χ2v) is 3.76. The molecule has 0 N–H and O–H groups in total. The Morgan fingerprint density at radius 1 is 1.00 bits per heavy atom. The molecular weight excluding hydrogens is 275 g/mol. The molecule has 3 heteroatoms. The van der Waals surface area contributed by atoms with Crippen LogP contribution >= 0.6 is 22.6 Å². The Kier molecular flexibility index (Phi) is 2.54. The van der Waals surface area contributed by atoms with Gasteiger partial charge in [0.25, 0.3) is 0 Å². The Balaban J connectivity index is 2.54. The maximum Gasteiger partial charge on any atom is 0.0407 e.